The highest BCUT2D eigenvalue weighted by Crippen LogP contribution is 2.15. The Labute approximate surface area is 139 Å². The molecule has 1 atom stereocenters. The normalized spacial score (nSPS) is 12.1. The molecule has 0 aliphatic rings. The molecular weight excluding hydrogens is 286 g/mol. The van der Waals surface area contributed by atoms with E-state index in [4.69, 9.17) is 4.74 Å². The van der Waals surface area contributed by atoms with E-state index in [1.165, 1.54) is 11.1 Å². The van der Waals surface area contributed by atoms with Gasteiger partial charge in [0.25, 0.3) is 0 Å². The maximum Gasteiger partial charge on any atom is 0.119 e. The molecule has 0 amide bonds. The van der Waals surface area contributed by atoms with Gasteiger partial charge >= 0.3 is 0 Å². The van der Waals surface area contributed by atoms with Crippen molar-refractivity contribution in [3.63, 3.8) is 0 Å². The number of benzene rings is 1. The molecule has 0 saturated carbocycles. The molecule has 1 aromatic heterocycles. The fraction of sp³-hybridized carbons (Fsp3) is 0.421. The van der Waals surface area contributed by atoms with E-state index in [9.17, 15) is 0 Å². The molecule has 0 aliphatic heterocycles. The number of hydrogen-bond acceptors (Lipinski definition) is 3. The predicted octanol–water partition coefficient (Wildman–Crippen LogP) is 3.84. The summed E-state index contributed by atoms with van der Waals surface area (Å²) < 4.78 is 7.71. The smallest absolute Gasteiger partial charge is 0.119 e. The molecule has 0 saturated heterocycles. The molecule has 23 heavy (non-hydrogen) atoms. The standard InChI is InChI=1S/C19H27N3O/c1-5-11-22-14-18(16(4)21-22)13-20-12-17-7-9-19(10-8-17)23-15(3)6-2/h5,7-10,14-15,20H,1,6,11-13H2,2-4H3/t15-/m1/s1. The SMILES string of the molecule is C=CCn1cc(CNCc2ccc(O[C@H](C)CC)cc2)c(C)n1. The molecule has 0 spiro atoms. The first-order valence-electron chi connectivity index (χ1n) is 8.22. The Morgan fingerprint density at radius 2 is 2.04 bits per heavy atom. The van der Waals surface area contributed by atoms with Crippen molar-refractivity contribution in [2.75, 3.05) is 0 Å². The number of nitrogens with one attached hydrogen (secondary N) is 1. The van der Waals surface area contributed by atoms with Gasteiger partial charge in [0, 0.05) is 24.8 Å². The molecule has 2 rings (SSSR count). The van der Waals surface area contributed by atoms with E-state index >= 15 is 0 Å². The van der Waals surface area contributed by atoms with Gasteiger partial charge < -0.3 is 10.1 Å². The van der Waals surface area contributed by atoms with Crippen LogP contribution in [0.15, 0.2) is 43.1 Å². The molecule has 2 aromatic rings. The summed E-state index contributed by atoms with van der Waals surface area (Å²) in [7, 11) is 0. The van der Waals surface area contributed by atoms with Gasteiger partial charge in [-0.15, -0.1) is 6.58 Å². The van der Waals surface area contributed by atoms with Crippen molar-refractivity contribution in [3.8, 4) is 5.75 Å². The van der Waals surface area contributed by atoms with Crippen LogP contribution in [0.4, 0.5) is 0 Å². The second-order valence-electron chi connectivity index (χ2n) is 5.83. The second-order valence-corrected chi connectivity index (χ2v) is 5.83. The summed E-state index contributed by atoms with van der Waals surface area (Å²) in [5, 5.41) is 7.93. The van der Waals surface area contributed by atoms with E-state index in [1.54, 1.807) is 0 Å². The summed E-state index contributed by atoms with van der Waals surface area (Å²) in [6.07, 6.45) is 5.20. The van der Waals surface area contributed by atoms with Gasteiger partial charge in [0.2, 0.25) is 0 Å². The largest absolute Gasteiger partial charge is 0.491 e. The highest BCUT2D eigenvalue weighted by atomic mass is 16.5. The zero-order valence-electron chi connectivity index (χ0n) is 14.4. The monoisotopic (exact) mass is 313 g/mol. The van der Waals surface area contributed by atoms with Gasteiger partial charge in [0.15, 0.2) is 0 Å². The first-order valence-corrected chi connectivity index (χ1v) is 8.22. The van der Waals surface area contributed by atoms with E-state index in [0.29, 0.717) is 0 Å². The fourth-order valence-corrected chi connectivity index (χ4v) is 2.30. The van der Waals surface area contributed by atoms with Crippen LogP contribution in [0.3, 0.4) is 0 Å². The molecule has 0 aliphatic carbocycles. The number of nitrogens with zero attached hydrogens (tertiary/aromatic N) is 2. The Balaban J connectivity index is 1.83. The average molecular weight is 313 g/mol. The molecule has 0 unspecified atom stereocenters. The maximum atomic E-state index is 5.79. The van der Waals surface area contributed by atoms with Crippen LogP contribution < -0.4 is 10.1 Å². The highest BCUT2D eigenvalue weighted by molar-refractivity contribution is 5.27. The van der Waals surface area contributed by atoms with Crippen LogP contribution in [0.1, 0.15) is 37.1 Å². The second kappa shape index (κ2) is 8.53. The van der Waals surface area contributed by atoms with Gasteiger partial charge in [-0.2, -0.15) is 5.10 Å². The summed E-state index contributed by atoms with van der Waals surface area (Å²) in [6.45, 7) is 12.4. The molecule has 1 heterocycles. The average Bonchev–Trinajstić information content (AvgIpc) is 2.89. The lowest BCUT2D eigenvalue weighted by Gasteiger charge is -2.13. The Bertz CT molecular complexity index is 616. The number of rotatable bonds is 9. The molecule has 1 aromatic carbocycles. The highest BCUT2D eigenvalue weighted by Gasteiger charge is 2.04. The van der Waals surface area contributed by atoms with Crippen LogP contribution in [0.2, 0.25) is 0 Å². The third-order valence-corrected chi connectivity index (χ3v) is 3.84. The van der Waals surface area contributed by atoms with E-state index in [2.05, 4.69) is 49.2 Å². The van der Waals surface area contributed by atoms with Gasteiger partial charge in [0.1, 0.15) is 5.75 Å². The Morgan fingerprint density at radius 1 is 1.30 bits per heavy atom. The minimum absolute atomic E-state index is 0.258. The topological polar surface area (TPSA) is 39.1 Å². The summed E-state index contributed by atoms with van der Waals surface area (Å²) in [5.74, 6) is 0.935. The molecular formula is C19H27N3O. The lowest BCUT2D eigenvalue weighted by atomic mass is 10.2. The summed E-state index contributed by atoms with van der Waals surface area (Å²) in [4.78, 5) is 0. The quantitative estimate of drug-likeness (QED) is 0.715. The van der Waals surface area contributed by atoms with Gasteiger partial charge in [-0.1, -0.05) is 25.1 Å². The first-order chi connectivity index (χ1) is 11.1. The first kappa shape index (κ1) is 17.3. The molecule has 1 N–H and O–H groups in total. The molecule has 124 valence electrons. The van der Waals surface area contributed by atoms with Gasteiger partial charge in [-0.25, -0.2) is 0 Å². The third-order valence-electron chi connectivity index (χ3n) is 3.84. The van der Waals surface area contributed by atoms with Crippen molar-refractivity contribution in [2.45, 2.75) is 52.9 Å². The zero-order valence-corrected chi connectivity index (χ0v) is 14.4. The van der Waals surface area contributed by atoms with Crippen molar-refractivity contribution >= 4 is 0 Å². The molecule has 4 heteroatoms. The minimum Gasteiger partial charge on any atom is -0.491 e. The van der Waals surface area contributed by atoms with Crippen LogP contribution in [0.5, 0.6) is 5.75 Å². The fourth-order valence-electron chi connectivity index (χ4n) is 2.30. The van der Waals surface area contributed by atoms with Crippen molar-refractivity contribution < 1.29 is 4.74 Å². The Morgan fingerprint density at radius 3 is 2.70 bits per heavy atom. The van der Waals surface area contributed by atoms with Gasteiger partial charge in [0.05, 0.1) is 18.3 Å². The molecule has 0 radical (unpaired) electrons. The summed E-state index contributed by atoms with van der Waals surface area (Å²) in [6, 6.07) is 8.30. The number of allylic oxidation sites excluding steroid dienone is 1. The van der Waals surface area contributed by atoms with Crippen LogP contribution in [-0.2, 0) is 19.6 Å². The van der Waals surface area contributed by atoms with Crippen molar-refractivity contribution in [2.24, 2.45) is 0 Å². The summed E-state index contributed by atoms with van der Waals surface area (Å²) in [5.41, 5.74) is 3.54. The number of hydrogen-bond donors (Lipinski definition) is 1. The van der Waals surface area contributed by atoms with Crippen molar-refractivity contribution in [1.29, 1.82) is 0 Å². The Hall–Kier alpha value is -2.07. The number of aromatic nitrogens is 2. The van der Waals surface area contributed by atoms with Gasteiger partial charge in [-0.3, -0.25) is 4.68 Å². The molecule has 0 bridgehead atoms. The maximum absolute atomic E-state index is 5.79. The van der Waals surface area contributed by atoms with Gasteiger partial charge in [-0.05, 0) is 38.0 Å². The van der Waals surface area contributed by atoms with Crippen molar-refractivity contribution in [1.82, 2.24) is 15.1 Å². The van der Waals surface area contributed by atoms with Crippen molar-refractivity contribution in [3.05, 3.63) is 59.9 Å². The number of aryl methyl sites for hydroxylation is 1. The predicted molar refractivity (Wildman–Crippen MR) is 94.5 cm³/mol. The van der Waals surface area contributed by atoms with E-state index in [1.807, 2.05) is 29.8 Å². The Kier molecular flexibility index (Phi) is 6.41. The van der Waals surface area contributed by atoms with Crippen LogP contribution in [0.25, 0.3) is 0 Å². The van der Waals surface area contributed by atoms with Crippen LogP contribution in [0, 0.1) is 6.92 Å². The van der Waals surface area contributed by atoms with Crippen LogP contribution >= 0.6 is 0 Å². The molecule has 4 nitrogen and oxygen atoms in total. The minimum atomic E-state index is 0.258. The zero-order chi connectivity index (χ0) is 16.7. The lowest BCUT2D eigenvalue weighted by molar-refractivity contribution is 0.217. The number of ether oxygens (including phenoxy) is 1. The molecule has 0 fully saturated rings. The summed E-state index contributed by atoms with van der Waals surface area (Å²) >= 11 is 0. The van der Waals surface area contributed by atoms with E-state index in [-0.39, 0.29) is 6.10 Å². The van der Waals surface area contributed by atoms with E-state index in [0.717, 1.165) is 37.5 Å². The third kappa shape index (κ3) is 5.25. The lowest BCUT2D eigenvalue weighted by Crippen LogP contribution is -2.13. The van der Waals surface area contributed by atoms with E-state index < -0.39 is 0 Å². The van der Waals surface area contributed by atoms with Crippen LogP contribution in [-0.4, -0.2) is 15.9 Å².